The van der Waals surface area contributed by atoms with Crippen LogP contribution in [0, 0.1) is 0 Å². The maximum atomic E-state index is 10.3. The van der Waals surface area contributed by atoms with Crippen LogP contribution in [0.5, 0.6) is 0 Å². The second kappa shape index (κ2) is 43.8. The van der Waals surface area contributed by atoms with Crippen molar-refractivity contribution in [3.05, 3.63) is 24.3 Å². The maximum Gasteiger partial charge on any atom is 0.303 e. The summed E-state index contributed by atoms with van der Waals surface area (Å²) in [7, 11) is 0. The lowest BCUT2D eigenvalue weighted by Crippen LogP contribution is -1.93. The fraction of sp³-hybridized carbons (Fsp3) is 0.833. The van der Waals surface area contributed by atoms with Crippen LogP contribution < -0.4 is 0 Å². The number of hydrogen-bond acceptors (Lipinski definition) is 4. The maximum absolute atomic E-state index is 10.3. The van der Waals surface area contributed by atoms with Crippen LogP contribution >= 0.6 is 0 Å². The largest absolute Gasteiger partial charge is 0.481 e. The Kier molecular flexibility index (Phi) is 46.7. The Labute approximate surface area is 260 Å². The first-order valence-electron chi connectivity index (χ1n) is 17.5. The lowest BCUT2D eigenvalue weighted by Gasteiger charge is -1.99. The summed E-state index contributed by atoms with van der Waals surface area (Å²) >= 11 is 0. The van der Waals surface area contributed by atoms with Crippen molar-refractivity contribution in [2.45, 2.75) is 194 Å². The van der Waals surface area contributed by atoms with Crippen LogP contribution in [0.3, 0.4) is 0 Å². The number of aliphatic carboxylic acids is 2. The molecule has 0 heterocycles. The van der Waals surface area contributed by atoms with Crippen molar-refractivity contribution in [2.24, 2.45) is 0 Å². The van der Waals surface area contributed by atoms with Crippen molar-refractivity contribution in [2.75, 3.05) is 0 Å². The quantitative estimate of drug-likeness (QED) is 0.0283. The number of hydrogen-bond donors (Lipinski definition) is 4. The van der Waals surface area contributed by atoms with Gasteiger partial charge in [-0.1, -0.05) is 141 Å². The minimum absolute atomic E-state index is 0.332. The van der Waals surface area contributed by atoms with Gasteiger partial charge in [-0.25, -0.2) is 0 Å². The van der Waals surface area contributed by atoms with E-state index in [1.165, 1.54) is 141 Å². The predicted molar refractivity (Wildman–Crippen MR) is 179 cm³/mol. The zero-order valence-corrected chi connectivity index (χ0v) is 27.7. The van der Waals surface area contributed by atoms with E-state index in [2.05, 4.69) is 38.2 Å². The van der Waals surface area contributed by atoms with E-state index in [9.17, 15) is 9.59 Å². The number of carboxylic acids is 2. The second-order valence-electron chi connectivity index (χ2n) is 11.5. The van der Waals surface area contributed by atoms with Gasteiger partial charge in [0, 0.05) is 12.8 Å². The van der Waals surface area contributed by atoms with Gasteiger partial charge >= 0.3 is 11.9 Å². The van der Waals surface area contributed by atoms with Gasteiger partial charge in [-0.05, 0) is 64.2 Å². The van der Waals surface area contributed by atoms with Crippen molar-refractivity contribution in [3.63, 3.8) is 0 Å². The highest BCUT2D eigenvalue weighted by atomic mass is 17.0. The summed E-state index contributed by atoms with van der Waals surface area (Å²) in [5.74, 6) is -1.33. The molecule has 0 rings (SSSR count). The summed E-state index contributed by atoms with van der Waals surface area (Å²) in [6, 6.07) is 0. The summed E-state index contributed by atoms with van der Waals surface area (Å²) in [5, 5.41) is 29.0. The van der Waals surface area contributed by atoms with Crippen molar-refractivity contribution in [1.82, 2.24) is 0 Å². The molecule has 0 aromatic heterocycles. The Morgan fingerprint density at radius 2 is 0.595 bits per heavy atom. The molecule has 0 atom stereocenters. The van der Waals surface area contributed by atoms with E-state index in [-0.39, 0.29) is 0 Å². The minimum Gasteiger partial charge on any atom is -0.481 e. The van der Waals surface area contributed by atoms with E-state index in [1.807, 2.05) is 0 Å². The SMILES string of the molecule is CCCCCCCC/C=C\CCCCCCCC(=O)O.CCCCCCCC/C=C\CCCCCCCC(=O)O.OO. The molecule has 0 aromatic carbocycles. The molecule has 6 nitrogen and oxygen atoms in total. The molecule has 0 saturated carbocycles. The Bertz CT molecular complexity index is 523. The molecule has 0 aromatic rings. The molecule has 0 aliphatic rings. The van der Waals surface area contributed by atoms with Gasteiger partial charge < -0.3 is 10.2 Å². The number of carbonyl (C=O) groups is 2. The second-order valence-corrected chi connectivity index (χ2v) is 11.5. The van der Waals surface area contributed by atoms with E-state index in [0.717, 1.165) is 25.7 Å². The van der Waals surface area contributed by atoms with Gasteiger partial charge in [0.25, 0.3) is 0 Å². The third-order valence-electron chi connectivity index (χ3n) is 7.30. The summed E-state index contributed by atoms with van der Waals surface area (Å²) in [5.41, 5.74) is 0. The molecule has 42 heavy (non-hydrogen) atoms. The lowest BCUT2D eigenvalue weighted by molar-refractivity contribution is -0.176. The van der Waals surface area contributed by atoms with Gasteiger partial charge in [-0.3, -0.25) is 20.1 Å². The molecular weight excluding hydrogens is 528 g/mol. The van der Waals surface area contributed by atoms with Crippen LogP contribution in [0.15, 0.2) is 24.3 Å². The molecule has 250 valence electrons. The van der Waals surface area contributed by atoms with Crippen molar-refractivity contribution in [1.29, 1.82) is 0 Å². The molecule has 0 bridgehead atoms. The van der Waals surface area contributed by atoms with Gasteiger partial charge in [-0.15, -0.1) is 0 Å². The zero-order valence-electron chi connectivity index (χ0n) is 27.7. The minimum atomic E-state index is -0.664. The predicted octanol–water partition coefficient (Wildman–Crippen LogP) is 12.2. The van der Waals surface area contributed by atoms with E-state index >= 15 is 0 Å². The molecule has 0 aliphatic heterocycles. The first-order valence-corrected chi connectivity index (χ1v) is 17.5. The third-order valence-corrected chi connectivity index (χ3v) is 7.30. The highest BCUT2D eigenvalue weighted by Crippen LogP contribution is 2.11. The van der Waals surface area contributed by atoms with Gasteiger partial charge in [0.1, 0.15) is 0 Å². The van der Waals surface area contributed by atoms with Crippen molar-refractivity contribution >= 4 is 11.9 Å². The number of unbranched alkanes of at least 4 members (excludes halogenated alkanes) is 22. The molecule has 6 heteroatoms. The Hall–Kier alpha value is -1.66. The standard InChI is InChI=1S/2C18H34O2.H2O2/c2*1-2-3-4-5-6-7-8-9-10-11-12-13-14-15-16-17-18(19)20;1-2/h2*9-10H,2-8,11-17H2,1H3,(H,19,20);1-2H/b2*10-9-;. The van der Waals surface area contributed by atoms with Gasteiger partial charge in [0.15, 0.2) is 0 Å². The molecule has 0 unspecified atom stereocenters. The average molecular weight is 599 g/mol. The monoisotopic (exact) mass is 599 g/mol. The molecule has 0 aliphatic carbocycles. The van der Waals surface area contributed by atoms with Crippen LogP contribution in [-0.4, -0.2) is 32.7 Å². The normalized spacial score (nSPS) is 10.9. The summed E-state index contributed by atoms with van der Waals surface area (Å²) in [6.07, 6.45) is 42.5. The third kappa shape index (κ3) is 51.1. The molecule has 0 fully saturated rings. The van der Waals surface area contributed by atoms with E-state index in [4.69, 9.17) is 20.7 Å². The lowest BCUT2D eigenvalue weighted by atomic mass is 10.1. The van der Waals surface area contributed by atoms with Crippen LogP contribution in [0.4, 0.5) is 0 Å². The van der Waals surface area contributed by atoms with Crippen molar-refractivity contribution in [3.8, 4) is 0 Å². The van der Waals surface area contributed by atoms with Crippen LogP contribution in [0.1, 0.15) is 194 Å². The van der Waals surface area contributed by atoms with Gasteiger partial charge in [0.2, 0.25) is 0 Å². The molecule has 0 spiro atoms. The molecule has 0 radical (unpaired) electrons. The molecule has 4 N–H and O–H groups in total. The molecule has 0 amide bonds. The smallest absolute Gasteiger partial charge is 0.303 e. The van der Waals surface area contributed by atoms with E-state index < -0.39 is 11.9 Å². The summed E-state index contributed by atoms with van der Waals surface area (Å²) in [6.45, 7) is 4.52. The number of allylic oxidation sites excluding steroid dienone is 4. The van der Waals surface area contributed by atoms with Crippen LogP contribution in [-0.2, 0) is 9.59 Å². The zero-order chi connectivity index (χ0) is 31.8. The number of rotatable bonds is 30. The fourth-order valence-corrected chi connectivity index (χ4v) is 4.69. The Balaban J connectivity index is -0.000000683. The molecule has 0 saturated heterocycles. The summed E-state index contributed by atoms with van der Waals surface area (Å²) < 4.78 is 0. The van der Waals surface area contributed by atoms with E-state index in [0.29, 0.717) is 12.8 Å². The Morgan fingerprint density at radius 3 is 0.833 bits per heavy atom. The van der Waals surface area contributed by atoms with Crippen LogP contribution in [0.2, 0.25) is 0 Å². The average Bonchev–Trinajstić information content (AvgIpc) is 2.98. The first-order chi connectivity index (χ1) is 20.5. The Morgan fingerprint density at radius 1 is 0.381 bits per heavy atom. The first kappa shape index (κ1) is 44.8. The van der Waals surface area contributed by atoms with E-state index in [1.54, 1.807) is 0 Å². The fourth-order valence-electron chi connectivity index (χ4n) is 4.69. The van der Waals surface area contributed by atoms with Gasteiger partial charge in [-0.2, -0.15) is 0 Å². The summed E-state index contributed by atoms with van der Waals surface area (Å²) in [4.78, 5) is 20.6. The highest BCUT2D eigenvalue weighted by Gasteiger charge is 1.97. The van der Waals surface area contributed by atoms with Gasteiger partial charge in [0.05, 0.1) is 0 Å². The number of carboxylic acid groups (broad SMARTS) is 2. The van der Waals surface area contributed by atoms with Crippen LogP contribution in [0.25, 0.3) is 0 Å². The molecular formula is C36H70O6. The topological polar surface area (TPSA) is 115 Å². The highest BCUT2D eigenvalue weighted by molar-refractivity contribution is 5.66. The van der Waals surface area contributed by atoms with Crippen molar-refractivity contribution < 1.29 is 30.3 Å².